The maximum absolute atomic E-state index is 12.9. The van der Waals surface area contributed by atoms with E-state index in [9.17, 15) is 13.2 Å². The van der Waals surface area contributed by atoms with Crippen LogP contribution in [0.25, 0.3) is 0 Å². The Kier molecular flexibility index (Phi) is 8.50. The van der Waals surface area contributed by atoms with Crippen LogP contribution in [0.2, 0.25) is 10.0 Å². The van der Waals surface area contributed by atoms with E-state index in [0.717, 1.165) is 5.56 Å². The number of methoxy groups -OCH3 is 2. The van der Waals surface area contributed by atoms with Gasteiger partial charge in [-0.05, 0) is 55.7 Å². The van der Waals surface area contributed by atoms with Crippen molar-refractivity contribution in [3.05, 3.63) is 57.6 Å². The van der Waals surface area contributed by atoms with Gasteiger partial charge < -0.3 is 14.8 Å². The van der Waals surface area contributed by atoms with E-state index in [4.69, 9.17) is 32.7 Å². The van der Waals surface area contributed by atoms with Crippen molar-refractivity contribution in [1.29, 1.82) is 0 Å². The van der Waals surface area contributed by atoms with E-state index in [0.29, 0.717) is 53.0 Å². The van der Waals surface area contributed by atoms with Crippen molar-refractivity contribution in [3.8, 4) is 11.5 Å². The molecular weight excluding hydrogens is 487 g/mol. The number of benzene rings is 2. The van der Waals surface area contributed by atoms with E-state index in [2.05, 4.69) is 5.32 Å². The van der Waals surface area contributed by atoms with Crippen LogP contribution in [0.3, 0.4) is 0 Å². The predicted octanol–water partition coefficient (Wildman–Crippen LogP) is 4.43. The Morgan fingerprint density at radius 1 is 1.09 bits per heavy atom. The van der Waals surface area contributed by atoms with Gasteiger partial charge in [-0.3, -0.25) is 4.79 Å². The van der Waals surface area contributed by atoms with Crippen molar-refractivity contribution < 1.29 is 22.7 Å². The zero-order chi connectivity index (χ0) is 24.2. The monoisotopic (exact) mass is 514 g/mol. The molecule has 1 N–H and O–H groups in total. The first-order chi connectivity index (χ1) is 15.6. The highest BCUT2D eigenvalue weighted by molar-refractivity contribution is 7.88. The van der Waals surface area contributed by atoms with Gasteiger partial charge in [-0.15, -0.1) is 0 Å². The number of sulfonamides is 1. The molecular formula is C23H28Cl2N2O5S. The molecule has 0 aromatic heterocycles. The van der Waals surface area contributed by atoms with Gasteiger partial charge in [-0.2, -0.15) is 0 Å². The molecule has 3 rings (SSSR count). The number of nitrogens with one attached hydrogen (secondary N) is 1. The normalized spacial score (nSPS) is 16.3. The molecule has 0 saturated carbocycles. The van der Waals surface area contributed by atoms with Crippen molar-refractivity contribution >= 4 is 39.1 Å². The molecule has 1 heterocycles. The molecule has 33 heavy (non-hydrogen) atoms. The van der Waals surface area contributed by atoms with Gasteiger partial charge in [-0.25, -0.2) is 12.7 Å². The van der Waals surface area contributed by atoms with Crippen molar-refractivity contribution in [2.45, 2.75) is 31.6 Å². The molecule has 0 bridgehead atoms. The van der Waals surface area contributed by atoms with E-state index in [1.165, 1.54) is 4.31 Å². The van der Waals surface area contributed by atoms with Crippen LogP contribution in [0.5, 0.6) is 11.5 Å². The lowest BCUT2D eigenvalue weighted by Crippen LogP contribution is -2.43. The summed E-state index contributed by atoms with van der Waals surface area (Å²) >= 11 is 11.9. The smallest absolute Gasteiger partial charge is 0.223 e. The van der Waals surface area contributed by atoms with Gasteiger partial charge in [-0.1, -0.05) is 29.3 Å². The second kappa shape index (κ2) is 11.0. The highest BCUT2D eigenvalue weighted by atomic mass is 35.5. The van der Waals surface area contributed by atoms with Crippen LogP contribution in [0.15, 0.2) is 36.4 Å². The third-order valence-corrected chi connectivity index (χ3v) is 8.40. The molecule has 1 atom stereocenters. The Morgan fingerprint density at radius 2 is 1.79 bits per heavy atom. The van der Waals surface area contributed by atoms with Crippen LogP contribution >= 0.6 is 23.2 Å². The average molecular weight is 515 g/mol. The molecule has 1 unspecified atom stereocenters. The standard InChI is InChI=1S/C23H28Cl2N2O5S/c1-15(19-13-18(31-2)5-7-22(19)32-3)26-23(28)17-8-10-27(11-9-17)33(29,30)14-16-4-6-20(24)21(25)12-16/h4-7,12-13,15,17H,8-11,14H2,1-3H3,(H,26,28). The van der Waals surface area contributed by atoms with E-state index < -0.39 is 10.0 Å². The summed E-state index contributed by atoms with van der Waals surface area (Å²) in [4.78, 5) is 12.9. The highest BCUT2D eigenvalue weighted by Crippen LogP contribution is 2.30. The van der Waals surface area contributed by atoms with Gasteiger partial charge in [0.1, 0.15) is 11.5 Å². The van der Waals surface area contributed by atoms with Crippen molar-refractivity contribution in [2.24, 2.45) is 5.92 Å². The number of ether oxygens (including phenoxy) is 2. The lowest BCUT2D eigenvalue weighted by Gasteiger charge is -2.31. The Hall–Kier alpha value is -2.00. The minimum absolute atomic E-state index is 0.103. The Balaban J connectivity index is 1.59. The van der Waals surface area contributed by atoms with Crippen molar-refractivity contribution in [3.63, 3.8) is 0 Å². The SMILES string of the molecule is COc1ccc(OC)c(C(C)NC(=O)C2CCN(S(=O)(=O)Cc3ccc(Cl)c(Cl)c3)CC2)c1. The largest absolute Gasteiger partial charge is 0.497 e. The first kappa shape index (κ1) is 25.6. The van der Waals surface area contributed by atoms with Crippen LogP contribution in [0.4, 0.5) is 0 Å². The fraction of sp³-hybridized carbons (Fsp3) is 0.435. The molecule has 1 amide bonds. The number of amides is 1. The second-order valence-electron chi connectivity index (χ2n) is 8.02. The molecule has 1 fully saturated rings. The Bertz CT molecular complexity index is 1100. The molecule has 2 aromatic rings. The maximum Gasteiger partial charge on any atom is 0.223 e. The summed E-state index contributed by atoms with van der Waals surface area (Å²) in [5.74, 6) is 0.807. The van der Waals surface area contributed by atoms with Crippen LogP contribution in [-0.4, -0.2) is 45.9 Å². The molecule has 0 spiro atoms. The quantitative estimate of drug-likeness (QED) is 0.563. The van der Waals surface area contributed by atoms with Crippen LogP contribution in [0, 0.1) is 5.92 Å². The molecule has 1 saturated heterocycles. The first-order valence-electron chi connectivity index (χ1n) is 10.6. The highest BCUT2D eigenvalue weighted by Gasteiger charge is 2.32. The summed E-state index contributed by atoms with van der Waals surface area (Å²) in [6.45, 7) is 2.46. The number of hydrogen-bond acceptors (Lipinski definition) is 5. The van der Waals surface area contributed by atoms with Crippen molar-refractivity contribution in [2.75, 3.05) is 27.3 Å². The van der Waals surface area contributed by atoms with Crippen molar-refractivity contribution in [1.82, 2.24) is 9.62 Å². The van der Waals surface area contributed by atoms with Gasteiger partial charge in [0.15, 0.2) is 0 Å². The lowest BCUT2D eigenvalue weighted by atomic mass is 9.96. The number of piperidine rings is 1. The third-order valence-electron chi connectivity index (χ3n) is 5.81. The summed E-state index contributed by atoms with van der Waals surface area (Å²) < 4.78 is 37.8. The molecule has 0 aliphatic carbocycles. The van der Waals surface area contributed by atoms with E-state index in [1.807, 2.05) is 13.0 Å². The molecule has 1 aliphatic heterocycles. The van der Waals surface area contributed by atoms with Gasteiger partial charge >= 0.3 is 0 Å². The number of halogens is 2. The second-order valence-corrected chi connectivity index (χ2v) is 10.8. The van der Waals surface area contributed by atoms with E-state index >= 15 is 0 Å². The predicted molar refractivity (Wildman–Crippen MR) is 129 cm³/mol. The zero-order valence-electron chi connectivity index (χ0n) is 18.8. The van der Waals surface area contributed by atoms with E-state index in [1.54, 1.807) is 44.6 Å². The number of carbonyl (C=O) groups excluding carboxylic acids is 1. The fourth-order valence-electron chi connectivity index (χ4n) is 3.91. The van der Waals surface area contributed by atoms with Gasteiger partial charge in [0.2, 0.25) is 15.9 Å². The first-order valence-corrected chi connectivity index (χ1v) is 12.9. The van der Waals surface area contributed by atoms with E-state index in [-0.39, 0.29) is 23.6 Å². The molecule has 1 aliphatic rings. The molecule has 10 heteroatoms. The number of nitrogens with zero attached hydrogens (tertiary/aromatic N) is 1. The van der Waals surface area contributed by atoms with Crippen LogP contribution < -0.4 is 14.8 Å². The maximum atomic E-state index is 12.9. The number of rotatable bonds is 8. The summed E-state index contributed by atoms with van der Waals surface area (Å²) in [6, 6.07) is 9.94. The van der Waals surface area contributed by atoms with Gasteiger partial charge in [0.25, 0.3) is 0 Å². The number of hydrogen-bond donors (Lipinski definition) is 1. The van der Waals surface area contributed by atoms with Gasteiger partial charge in [0.05, 0.1) is 36.1 Å². The average Bonchev–Trinajstić information content (AvgIpc) is 2.80. The zero-order valence-corrected chi connectivity index (χ0v) is 21.1. The Morgan fingerprint density at radius 3 is 2.39 bits per heavy atom. The fourth-order valence-corrected chi connectivity index (χ4v) is 5.79. The van der Waals surface area contributed by atoms with Crippen LogP contribution in [-0.2, 0) is 20.6 Å². The molecule has 180 valence electrons. The van der Waals surface area contributed by atoms with Crippen LogP contribution in [0.1, 0.15) is 36.9 Å². The molecule has 7 nitrogen and oxygen atoms in total. The topological polar surface area (TPSA) is 84.9 Å². The number of carbonyl (C=O) groups is 1. The van der Waals surface area contributed by atoms with Gasteiger partial charge in [0, 0.05) is 24.6 Å². The summed E-state index contributed by atoms with van der Waals surface area (Å²) in [7, 11) is -0.369. The summed E-state index contributed by atoms with van der Waals surface area (Å²) in [5, 5.41) is 3.73. The minimum Gasteiger partial charge on any atom is -0.497 e. The summed E-state index contributed by atoms with van der Waals surface area (Å²) in [5.41, 5.74) is 1.39. The lowest BCUT2D eigenvalue weighted by molar-refractivity contribution is -0.126. The minimum atomic E-state index is -3.53. The molecule has 2 aromatic carbocycles. The molecule has 0 radical (unpaired) electrons. The third kappa shape index (κ3) is 6.32. The summed E-state index contributed by atoms with van der Waals surface area (Å²) in [6.07, 6.45) is 0.906. The Labute approximate surface area is 205 Å².